The van der Waals surface area contributed by atoms with Gasteiger partial charge in [-0.05, 0) is 18.6 Å². The van der Waals surface area contributed by atoms with Crippen molar-refractivity contribution in [1.29, 1.82) is 0 Å². The second-order valence-electron chi connectivity index (χ2n) is 4.62. The van der Waals surface area contributed by atoms with Crippen LogP contribution in [-0.4, -0.2) is 15.6 Å². The molecule has 2 rings (SSSR count). The zero-order valence-corrected chi connectivity index (χ0v) is 11.3. The highest BCUT2D eigenvalue weighted by Gasteiger charge is 2.25. The zero-order valence-electron chi connectivity index (χ0n) is 11.3. The fourth-order valence-electron chi connectivity index (χ4n) is 2.15. The first-order valence-corrected chi connectivity index (χ1v) is 6.51. The fraction of sp³-hybridized carbons (Fsp3) is 0.333. The minimum Gasteiger partial charge on any atom is -0.323 e. The summed E-state index contributed by atoms with van der Waals surface area (Å²) >= 11 is 0. The number of aryl methyl sites for hydroxylation is 1. The molecule has 2 aromatic rings. The summed E-state index contributed by atoms with van der Waals surface area (Å²) in [6.45, 7) is 4.51. The molecule has 1 aromatic carbocycles. The summed E-state index contributed by atoms with van der Waals surface area (Å²) in [5.41, 5.74) is 7.79. The molecule has 0 saturated carbocycles. The predicted molar refractivity (Wildman–Crippen MR) is 74.8 cm³/mol. The maximum atomic E-state index is 12.5. The van der Waals surface area contributed by atoms with Gasteiger partial charge in [0.05, 0.1) is 0 Å². The van der Waals surface area contributed by atoms with Crippen LogP contribution in [0.25, 0.3) is 0 Å². The van der Waals surface area contributed by atoms with E-state index in [4.69, 9.17) is 5.73 Å². The van der Waals surface area contributed by atoms with Gasteiger partial charge < -0.3 is 5.73 Å². The van der Waals surface area contributed by atoms with Gasteiger partial charge in [-0.2, -0.15) is 5.10 Å². The summed E-state index contributed by atoms with van der Waals surface area (Å²) in [4.78, 5) is 12.5. The second-order valence-corrected chi connectivity index (χ2v) is 4.62. The van der Waals surface area contributed by atoms with Crippen molar-refractivity contribution in [1.82, 2.24) is 9.78 Å². The number of aromatic nitrogens is 2. The Kier molecular flexibility index (Phi) is 4.12. The molecule has 0 fully saturated rings. The number of rotatable bonds is 5. The maximum Gasteiger partial charge on any atom is 0.185 e. The first-order chi connectivity index (χ1) is 9.15. The van der Waals surface area contributed by atoms with E-state index in [1.54, 1.807) is 16.9 Å². The SMILES string of the molecule is CCn1nccc1C(=O)C(C)C(N)c1ccccc1. The highest BCUT2D eigenvalue weighted by molar-refractivity contribution is 5.96. The Morgan fingerprint density at radius 3 is 2.63 bits per heavy atom. The number of hydrogen-bond donors (Lipinski definition) is 1. The van der Waals surface area contributed by atoms with Crippen LogP contribution in [0.15, 0.2) is 42.6 Å². The number of ketones is 1. The molecule has 2 atom stereocenters. The summed E-state index contributed by atoms with van der Waals surface area (Å²) in [6.07, 6.45) is 1.65. The van der Waals surface area contributed by atoms with Gasteiger partial charge in [0.15, 0.2) is 5.78 Å². The lowest BCUT2D eigenvalue weighted by Gasteiger charge is -2.19. The van der Waals surface area contributed by atoms with Gasteiger partial charge in [0, 0.05) is 24.7 Å². The average Bonchev–Trinajstić information content (AvgIpc) is 2.94. The lowest BCUT2D eigenvalue weighted by Crippen LogP contribution is -2.27. The molecule has 2 unspecified atom stereocenters. The number of hydrogen-bond acceptors (Lipinski definition) is 3. The molecule has 0 aliphatic rings. The van der Waals surface area contributed by atoms with Crippen molar-refractivity contribution in [2.45, 2.75) is 26.4 Å². The Morgan fingerprint density at radius 2 is 2.00 bits per heavy atom. The molecule has 0 spiro atoms. The van der Waals surface area contributed by atoms with Gasteiger partial charge in [-0.25, -0.2) is 0 Å². The minimum atomic E-state index is -0.297. The molecule has 0 bridgehead atoms. The Morgan fingerprint density at radius 1 is 1.32 bits per heavy atom. The molecule has 0 radical (unpaired) electrons. The first-order valence-electron chi connectivity index (χ1n) is 6.51. The van der Waals surface area contributed by atoms with Crippen molar-refractivity contribution >= 4 is 5.78 Å². The summed E-state index contributed by atoms with van der Waals surface area (Å²) in [6, 6.07) is 11.2. The van der Waals surface area contributed by atoms with E-state index in [2.05, 4.69) is 5.10 Å². The molecule has 0 amide bonds. The Balaban J connectivity index is 2.20. The Hall–Kier alpha value is -1.94. The average molecular weight is 257 g/mol. The third kappa shape index (κ3) is 2.74. The van der Waals surface area contributed by atoms with Crippen LogP contribution in [0.2, 0.25) is 0 Å². The van der Waals surface area contributed by atoms with Crippen LogP contribution in [0.3, 0.4) is 0 Å². The third-order valence-corrected chi connectivity index (χ3v) is 3.41. The van der Waals surface area contributed by atoms with E-state index in [-0.39, 0.29) is 17.7 Å². The van der Waals surface area contributed by atoms with E-state index in [0.29, 0.717) is 12.2 Å². The van der Waals surface area contributed by atoms with Gasteiger partial charge >= 0.3 is 0 Å². The Labute approximate surface area is 113 Å². The third-order valence-electron chi connectivity index (χ3n) is 3.41. The highest BCUT2D eigenvalue weighted by Crippen LogP contribution is 2.22. The van der Waals surface area contributed by atoms with Gasteiger partial charge in [0.2, 0.25) is 0 Å². The molecule has 2 N–H and O–H groups in total. The molecule has 4 heteroatoms. The largest absolute Gasteiger partial charge is 0.323 e. The monoisotopic (exact) mass is 257 g/mol. The van der Waals surface area contributed by atoms with E-state index in [1.165, 1.54) is 0 Å². The molecule has 4 nitrogen and oxygen atoms in total. The second kappa shape index (κ2) is 5.80. The van der Waals surface area contributed by atoms with Crippen molar-refractivity contribution in [2.24, 2.45) is 11.7 Å². The number of Topliss-reactive ketones (excluding diaryl/α,β-unsaturated/α-hetero) is 1. The molecular weight excluding hydrogens is 238 g/mol. The van der Waals surface area contributed by atoms with Crippen LogP contribution in [0.4, 0.5) is 0 Å². The summed E-state index contributed by atoms with van der Waals surface area (Å²) in [5.74, 6) is -0.236. The van der Waals surface area contributed by atoms with Crippen molar-refractivity contribution in [3.05, 3.63) is 53.9 Å². The van der Waals surface area contributed by atoms with E-state index in [0.717, 1.165) is 5.56 Å². The number of carbonyl (C=O) groups excluding carboxylic acids is 1. The normalized spacial score (nSPS) is 14.1. The molecule has 1 aromatic heterocycles. The Bertz CT molecular complexity index is 548. The highest BCUT2D eigenvalue weighted by atomic mass is 16.1. The van der Waals surface area contributed by atoms with Crippen molar-refractivity contribution < 1.29 is 4.79 Å². The van der Waals surface area contributed by atoms with Crippen LogP contribution < -0.4 is 5.73 Å². The summed E-state index contributed by atoms with van der Waals surface area (Å²) in [5, 5.41) is 4.13. The molecule has 0 aliphatic heterocycles. The van der Waals surface area contributed by atoms with Crippen LogP contribution in [-0.2, 0) is 6.54 Å². The van der Waals surface area contributed by atoms with Gasteiger partial charge in [0.1, 0.15) is 5.69 Å². The number of carbonyl (C=O) groups is 1. The predicted octanol–water partition coefficient (Wildman–Crippen LogP) is 2.42. The van der Waals surface area contributed by atoms with Gasteiger partial charge in [-0.3, -0.25) is 9.48 Å². The fourth-order valence-corrected chi connectivity index (χ4v) is 2.15. The molecule has 0 aliphatic carbocycles. The van der Waals surface area contributed by atoms with Gasteiger partial charge in [-0.15, -0.1) is 0 Å². The smallest absolute Gasteiger partial charge is 0.185 e. The number of benzene rings is 1. The number of nitrogens with zero attached hydrogens (tertiary/aromatic N) is 2. The molecule has 0 saturated heterocycles. The maximum absolute atomic E-state index is 12.5. The molecular formula is C15H19N3O. The van der Waals surface area contributed by atoms with E-state index >= 15 is 0 Å². The van der Waals surface area contributed by atoms with Crippen LogP contribution in [0.5, 0.6) is 0 Å². The molecule has 19 heavy (non-hydrogen) atoms. The van der Waals surface area contributed by atoms with E-state index in [9.17, 15) is 4.79 Å². The minimum absolute atomic E-state index is 0.0377. The molecule has 1 heterocycles. The van der Waals surface area contributed by atoms with E-state index in [1.807, 2.05) is 44.2 Å². The lowest BCUT2D eigenvalue weighted by atomic mass is 9.90. The molecule has 100 valence electrons. The first kappa shape index (κ1) is 13.5. The zero-order chi connectivity index (χ0) is 13.8. The standard InChI is InChI=1S/C15H19N3O/c1-3-18-13(9-10-17-18)15(19)11(2)14(16)12-7-5-4-6-8-12/h4-11,14H,3,16H2,1-2H3. The lowest BCUT2D eigenvalue weighted by molar-refractivity contribution is 0.0901. The van der Waals surface area contributed by atoms with Crippen molar-refractivity contribution in [3.8, 4) is 0 Å². The summed E-state index contributed by atoms with van der Waals surface area (Å²) < 4.78 is 1.70. The quantitative estimate of drug-likeness (QED) is 0.837. The van der Waals surface area contributed by atoms with Crippen LogP contribution in [0, 0.1) is 5.92 Å². The number of nitrogens with two attached hydrogens (primary N) is 1. The van der Waals surface area contributed by atoms with Gasteiger partial charge in [-0.1, -0.05) is 37.3 Å². The summed E-state index contributed by atoms with van der Waals surface area (Å²) in [7, 11) is 0. The van der Waals surface area contributed by atoms with Crippen molar-refractivity contribution in [2.75, 3.05) is 0 Å². The topological polar surface area (TPSA) is 60.9 Å². The van der Waals surface area contributed by atoms with E-state index < -0.39 is 0 Å². The van der Waals surface area contributed by atoms with Crippen molar-refractivity contribution in [3.63, 3.8) is 0 Å². The van der Waals surface area contributed by atoms with Crippen LogP contribution >= 0.6 is 0 Å². The van der Waals surface area contributed by atoms with Crippen LogP contribution in [0.1, 0.15) is 35.9 Å². The van der Waals surface area contributed by atoms with Gasteiger partial charge in [0.25, 0.3) is 0 Å².